The van der Waals surface area contributed by atoms with Gasteiger partial charge in [-0.3, -0.25) is 9.59 Å². The van der Waals surface area contributed by atoms with E-state index in [9.17, 15) is 14.7 Å². The number of aliphatic carboxylic acids is 1. The minimum atomic E-state index is -0.845. The first-order valence-corrected chi connectivity index (χ1v) is 11.1. The van der Waals surface area contributed by atoms with Gasteiger partial charge in [0.05, 0.1) is 18.2 Å². The Morgan fingerprint density at radius 1 is 1.12 bits per heavy atom. The number of nitrogens with zero attached hydrogens (tertiary/aromatic N) is 2. The zero-order valence-electron chi connectivity index (χ0n) is 18.9. The predicted octanol–water partition coefficient (Wildman–Crippen LogP) is 3.99. The molecule has 1 aliphatic rings. The quantitative estimate of drug-likeness (QED) is 0.560. The van der Waals surface area contributed by atoms with Crippen molar-refractivity contribution >= 4 is 11.9 Å². The van der Waals surface area contributed by atoms with Crippen LogP contribution in [0.2, 0.25) is 0 Å². The number of hydrogen-bond donors (Lipinski definition) is 1. The number of benzene rings is 2. The molecule has 2 aromatic carbocycles. The number of amides is 1. The number of carboxylic acid groups (broad SMARTS) is 1. The van der Waals surface area contributed by atoms with Gasteiger partial charge in [0, 0.05) is 32.0 Å². The lowest BCUT2D eigenvalue weighted by atomic mass is 9.90. The molecule has 0 saturated carbocycles. The first-order chi connectivity index (χ1) is 15.9. The van der Waals surface area contributed by atoms with E-state index in [1.165, 1.54) is 6.92 Å². The number of oxazole rings is 1. The highest BCUT2D eigenvalue weighted by atomic mass is 16.5. The monoisotopic (exact) mass is 448 g/mol. The van der Waals surface area contributed by atoms with E-state index in [1.807, 2.05) is 61.5 Å². The maximum atomic E-state index is 11.7. The second-order valence-corrected chi connectivity index (χ2v) is 8.46. The Hall–Kier alpha value is -3.61. The number of likely N-dealkylation sites (tertiary alicyclic amines) is 1. The summed E-state index contributed by atoms with van der Waals surface area (Å²) in [6.07, 6.45) is 1.24. The Bertz CT molecular complexity index is 1110. The van der Waals surface area contributed by atoms with Gasteiger partial charge in [0.1, 0.15) is 11.5 Å². The second-order valence-electron chi connectivity index (χ2n) is 8.46. The zero-order valence-corrected chi connectivity index (χ0v) is 18.9. The lowest BCUT2D eigenvalue weighted by Crippen LogP contribution is -2.27. The normalized spacial score (nSPS) is 17.8. The minimum Gasteiger partial charge on any atom is -0.493 e. The Morgan fingerprint density at radius 2 is 1.85 bits per heavy atom. The van der Waals surface area contributed by atoms with E-state index in [1.54, 1.807) is 4.90 Å². The molecule has 1 amide bonds. The molecular weight excluding hydrogens is 420 g/mol. The third-order valence-corrected chi connectivity index (χ3v) is 6.15. The molecule has 3 aromatic rings. The van der Waals surface area contributed by atoms with Crippen LogP contribution in [0.5, 0.6) is 5.75 Å². The van der Waals surface area contributed by atoms with Crippen LogP contribution in [-0.4, -0.2) is 46.6 Å². The molecule has 0 bridgehead atoms. The SMILES string of the molecule is CC(=O)N1C[C@@H](Cc2ccc(OCCc3nc(-c4ccccc4)oc3C)cc2)[C@@H](C(=O)O)C1. The van der Waals surface area contributed by atoms with Gasteiger partial charge in [-0.15, -0.1) is 0 Å². The molecular formula is C26H28N2O5. The van der Waals surface area contributed by atoms with Crippen molar-refractivity contribution in [3.8, 4) is 17.2 Å². The average molecular weight is 449 g/mol. The van der Waals surface area contributed by atoms with Crippen LogP contribution >= 0.6 is 0 Å². The minimum absolute atomic E-state index is 0.0780. The lowest BCUT2D eigenvalue weighted by Gasteiger charge is -2.15. The third kappa shape index (κ3) is 5.42. The van der Waals surface area contributed by atoms with Crippen molar-refractivity contribution in [2.75, 3.05) is 19.7 Å². The number of rotatable bonds is 8. The fourth-order valence-corrected chi connectivity index (χ4v) is 4.27. The molecule has 0 unspecified atom stereocenters. The summed E-state index contributed by atoms with van der Waals surface area (Å²) in [5, 5.41) is 9.51. The highest BCUT2D eigenvalue weighted by Crippen LogP contribution is 2.28. The van der Waals surface area contributed by atoms with E-state index >= 15 is 0 Å². The summed E-state index contributed by atoms with van der Waals surface area (Å²) < 4.78 is 11.7. The third-order valence-electron chi connectivity index (χ3n) is 6.15. The van der Waals surface area contributed by atoms with Crippen LogP contribution in [0.25, 0.3) is 11.5 Å². The van der Waals surface area contributed by atoms with Crippen LogP contribution in [0.3, 0.4) is 0 Å². The van der Waals surface area contributed by atoms with Gasteiger partial charge in [-0.1, -0.05) is 30.3 Å². The number of carboxylic acids is 1. The molecule has 1 aromatic heterocycles. The van der Waals surface area contributed by atoms with Gasteiger partial charge in [-0.05, 0) is 49.1 Å². The summed E-state index contributed by atoms with van der Waals surface area (Å²) in [7, 11) is 0. The Labute approximate surface area is 193 Å². The van der Waals surface area contributed by atoms with E-state index in [0.717, 1.165) is 28.3 Å². The Morgan fingerprint density at radius 3 is 2.52 bits per heavy atom. The highest BCUT2D eigenvalue weighted by Gasteiger charge is 2.38. The Balaban J connectivity index is 1.31. The fourth-order valence-electron chi connectivity index (χ4n) is 4.27. The summed E-state index contributed by atoms with van der Waals surface area (Å²) in [4.78, 5) is 29.5. The number of hydrogen-bond acceptors (Lipinski definition) is 5. The number of carbonyl (C=O) groups is 2. The van der Waals surface area contributed by atoms with Gasteiger partial charge in [0.25, 0.3) is 0 Å². The summed E-state index contributed by atoms with van der Waals surface area (Å²) in [5.74, 6) is 0.602. The number of ether oxygens (including phenoxy) is 1. The first-order valence-electron chi connectivity index (χ1n) is 11.1. The molecule has 1 saturated heterocycles. The van der Waals surface area contributed by atoms with Gasteiger partial charge in [-0.25, -0.2) is 4.98 Å². The van der Waals surface area contributed by atoms with Gasteiger partial charge < -0.3 is 19.2 Å². The van der Waals surface area contributed by atoms with Crippen LogP contribution in [0.1, 0.15) is 23.9 Å². The highest BCUT2D eigenvalue weighted by molar-refractivity contribution is 5.77. The molecule has 33 heavy (non-hydrogen) atoms. The summed E-state index contributed by atoms with van der Waals surface area (Å²) in [5.41, 5.74) is 2.85. The van der Waals surface area contributed by atoms with Crippen molar-refractivity contribution < 1.29 is 23.8 Å². The molecule has 172 valence electrons. The van der Waals surface area contributed by atoms with Gasteiger partial charge in [-0.2, -0.15) is 0 Å². The van der Waals surface area contributed by atoms with Crippen LogP contribution < -0.4 is 4.74 Å². The van der Waals surface area contributed by atoms with Gasteiger partial charge in [0.15, 0.2) is 0 Å². The van der Waals surface area contributed by atoms with E-state index < -0.39 is 11.9 Å². The molecule has 0 aliphatic carbocycles. The summed E-state index contributed by atoms with van der Waals surface area (Å²) >= 11 is 0. The fraction of sp³-hybridized carbons (Fsp3) is 0.346. The smallest absolute Gasteiger partial charge is 0.308 e. The average Bonchev–Trinajstić information content (AvgIpc) is 3.40. The summed E-state index contributed by atoms with van der Waals surface area (Å²) in [6, 6.07) is 17.5. The summed E-state index contributed by atoms with van der Waals surface area (Å²) in [6.45, 7) is 4.62. The largest absolute Gasteiger partial charge is 0.493 e. The Kier molecular flexibility index (Phi) is 6.77. The number of aryl methyl sites for hydroxylation is 1. The molecule has 1 aliphatic heterocycles. The first kappa shape index (κ1) is 22.6. The van der Waals surface area contributed by atoms with Crippen molar-refractivity contribution in [3.05, 3.63) is 71.6 Å². The standard InChI is InChI=1S/C26H28N2O5/c1-17-24(27-25(33-17)20-6-4-3-5-7-20)12-13-32-22-10-8-19(9-11-22)14-21-15-28(18(2)29)16-23(21)26(30)31/h3-11,21,23H,12-16H2,1-2H3,(H,30,31)/t21-,23+/m1/s1. The van der Waals surface area contributed by atoms with Crippen molar-refractivity contribution in [1.82, 2.24) is 9.88 Å². The topological polar surface area (TPSA) is 92.9 Å². The van der Waals surface area contributed by atoms with Gasteiger partial charge >= 0.3 is 5.97 Å². The molecule has 2 atom stereocenters. The maximum absolute atomic E-state index is 11.7. The van der Waals surface area contributed by atoms with E-state index in [0.29, 0.717) is 31.9 Å². The van der Waals surface area contributed by atoms with E-state index in [2.05, 4.69) is 4.98 Å². The maximum Gasteiger partial charge on any atom is 0.308 e. The molecule has 7 nitrogen and oxygen atoms in total. The zero-order chi connectivity index (χ0) is 23.4. The van der Waals surface area contributed by atoms with E-state index in [-0.39, 0.29) is 18.4 Å². The van der Waals surface area contributed by atoms with Crippen LogP contribution in [-0.2, 0) is 22.4 Å². The molecule has 1 N–H and O–H groups in total. The molecule has 2 heterocycles. The van der Waals surface area contributed by atoms with Gasteiger partial charge in [0.2, 0.25) is 11.8 Å². The molecule has 0 radical (unpaired) electrons. The number of carbonyl (C=O) groups excluding carboxylic acids is 1. The lowest BCUT2D eigenvalue weighted by molar-refractivity contribution is -0.142. The van der Waals surface area contributed by atoms with Crippen LogP contribution in [0.4, 0.5) is 0 Å². The van der Waals surface area contributed by atoms with Crippen molar-refractivity contribution in [2.45, 2.75) is 26.7 Å². The molecule has 0 spiro atoms. The van der Waals surface area contributed by atoms with Crippen LogP contribution in [0.15, 0.2) is 59.0 Å². The van der Waals surface area contributed by atoms with Crippen molar-refractivity contribution in [1.29, 1.82) is 0 Å². The molecule has 1 fully saturated rings. The van der Waals surface area contributed by atoms with Crippen molar-refractivity contribution in [3.63, 3.8) is 0 Å². The molecule has 7 heteroatoms. The predicted molar refractivity (Wildman–Crippen MR) is 123 cm³/mol. The van der Waals surface area contributed by atoms with Crippen LogP contribution in [0, 0.1) is 18.8 Å². The van der Waals surface area contributed by atoms with E-state index in [4.69, 9.17) is 9.15 Å². The molecule has 4 rings (SSSR count). The second kappa shape index (κ2) is 9.90. The number of aromatic nitrogens is 1. The van der Waals surface area contributed by atoms with Crippen molar-refractivity contribution in [2.24, 2.45) is 11.8 Å².